The normalized spacial score (nSPS) is 19.8. The molecule has 0 aromatic heterocycles. The van der Waals surface area contributed by atoms with Gasteiger partial charge in [-0.1, -0.05) is 86.6 Å². The van der Waals surface area contributed by atoms with Crippen molar-refractivity contribution < 1.29 is 4.79 Å². The predicted octanol–water partition coefficient (Wildman–Crippen LogP) is 7.30. The molecule has 0 unspecified atom stereocenters. The van der Waals surface area contributed by atoms with E-state index >= 15 is 0 Å². The Bertz CT molecular complexity index is 1400. The van der Waals surface area contributed by atoms with Gasteiger partial charge in [0.05, 0.1) is 6.04 Å². The van der Waals surface area contributed by atoms with Crippen molar-refractivity contribution in [3.8, 4) is 0 Å². The fraction of sp³-hybridized carbons (Fsp3) is 0.207. The van der Waals surface area contributed by atoms with E-state index in [0.29, 0.717) is 6.42 Å². The average molecular weight is 404 g/mol. The van der Waals surface area contributed by atoms with Crippen LogP contribution in [-0.2, 0) is 4.79 Å². The molecule has 4 aromatic carbocycles. The summed E-state index contributed by atoms with van der Waals surface area (Å²) in [6.07, 6.45) is 1.51. The predicted molar refractivity (Wildman–Crippen MR) is 129 cm³/mol. The first-order valence-corrected chi connectivity index (χ1v) is 11.0. The Morgan fingerprint density at radius 1 is 0.774 bits per heavy atom. The molecule has 0 saturated carbocycles. The molecule has 2 nitrogen and oxygen atoms in total. The lowest BCUT2D eigenvalue weighted by Crippen LogP contribution is -2.33. The van der Waals surface area contributed by atoms with Crippen LogP contribution in [0.4, 0.5) is 5.69 Å². The minimum Gasteiger partial charge on any atom is -0.373 e. The maximum Gasteiger partial charge on any atom is 0.162 e. The van der Waals surface area contributed by atoms with Gasteiger partial charge in [-0.3, -0.25) is 4.79 Å². The monoisotopic (exact) mass is 403 g/mol. The molecular weight excluding hydrogens is 378 g/mol. The molecule has 2 heteroatoms. The van der Waals surface area contributed by atoms with Gasteiger partial charge < -0.3 is 5.32 Å². The van der Waals surface area contributed by atoms with Gasteiger partial charge in [-0.2, -0.15) is 0 Å². The number of ketones is 1. The lowest BCUT2D eigenvalue weighted by atomic mass is 9.67. The van der Waals surface area contributed by atoms with Crippen molar-refractivity contribution in [2.24, 2.45) is 5.41 Å². The van der Waals surface area contributed by atoms with E-state index in [1.54, 1.807) is 0 Å². The summed E-state index contributed by atoms with van der Waals surface area (Å²) in [6, 6.07) is 27.6. The molecule has 2 aliphatic rings. The van der Waals surface area contributed by atoms with E-state index in [1.807, 2.05) is 0 Å². The zero-order chi connectivity index (χ0) is 21.2. The summed E-state index contributed by atoms with van der Waals surface area (Å²) in [5, 5.41) is 8.63. The standard InChI is InChI=1S/C29H25NO/c1-29(2)16-23-26-21-12-6-4-9-19(21)14-15-24(26)30-28(27(23)25(31)17-29)22-13-7-10-18-8-3-5-11-20(18)22/h3-15,28,30H,16-17H2,1-2H3/t28-/m0/s1. The summed E-state index contributed by atoms with van der Waals surface area (Å²) >= 11 is 0. The first kappa shape index (κ1) is 18.4. The quantitative estimate of drug-likeness (QED) is 0.361. The third-order valence-corrected chi connectivity index (χ3v) is 6.87. The van der Waals surface area contributed by atoms with Crippen molar-refractivity contribution in [2.45, 2.75) is 32.7 Å². The van der Waals surface area contributed by atoms with Crippen LogP contribution in [0.25, 0.3) is 27.1 Å². The molecule has 0 spiro atoms. The fourth-order valence-corrected chi connectivity index (χ4v) is 5.57. The number of allylic oxidation sites excluding steroid dienone is 1. The number of fused-ring (bicyclic) bond motifs is 5. The number of nitrogens with one attached hydrogen (secondary N) is 1. The van der Waals surface area contributed by atoms with Crippen molar-refractivity contribution in [1.29, 1.82) is 0 Å². The van der Waals surface area contributed by atoms with Crippen LogP contribution in [0.5, 0.6) is 0 Å². The largest absolute Gasteiger partial charge is 0.373 e. The Morgan fingerprint density at radius 2 is 1.45 bits per heavy atom. The van der Waals surface area contributed by atoms with Gasteiger partial charge >= 0.3 is 0 Å². The van der Waals surface area contributed by atoms with Crippen LogP contribution < -0.4 is 5.32 Å². The Hall–Kier alpha value is -3.39. The SMILES string of the molecule is CC1(C)CC(=O)C2=C(C1)c1c(ccc3ccccc13)N[C@H]2c1cccc2ccccc12. The van der Waals surface area contributed by atoms with Crippen LogP contribution in [0.3, 0.4) is 0 Å². The third-order valence-electron chi connectivity index (χ3n) is 6.87. The summed E-state index contributed by atoms with van der Waals surface area (Å²) in [7, 11) is 0. The van der Waals surface area contributed by atoms with E-state index in [9.17, 15) is 4.79 Å². The molecule has 1 atom stereocenters. The lowest BCUT2D eigenvalue weighted by molar-refractivity contribution is -0.118. The van der Waals surface area contributed by atoms with Crippen molar-refractivity contribution in [3.05, 3.63) is 95.6 Å². The molecule has 1 N–H and O–H groups in total. The topological polar surface area (TPSA) is 29.1 Å². The molecule has 1 aliphatic heterocycles. The summed E-state index contributed by atoms with van der Waals surface area (Å²) in [6.45, 7) is 4.43. The third kappa shape index (κ3) is 2.82. The Morgan fingerprint density at radius 3 is 2.26 bits per heavy atom. The zero-order valence-corrected chi connectivity index (χ0v) is 17.9. The minimum absolute atomic E-state index is 0.0369. The highest BCUT2D eigenvalue weighted by Crippen LogP contribution is 2.52. The van der Waals surface area contributed by atoms with E-state index in [4.69, 9.17) is 0 Å². The van der Waals surface area contributed by atoms with Gasteiger partial charge in [-0.25, -0.2) is 0 Å². The van der Waals surface area contributed by atoms with Crippen molar-refractivity contribution >= 4 is 38.6 Å². The van der Waals surface area contributed by atoms with Gasteiger partial charge in [0.2, 0.25) is 0 Å². The van der Waals surface area contributed by atoms with Gasteiger partial charge in [0.25, 0.3) is 0 Å². The van der Waals surface area contributed by atoms with Crippen molar-refractivity contribution in [2.75, 3.05) is 5.32 Å². The maximum absolute atomic E-state index is 13.6. The van der Waals surface area contributed by atoms with Crippen molar-refractivity contribution in [1.82, 2.24) is 0 Å². The highest BCUT2D eigenvalue weighted by molar-refractivity contribution is 6.13. The number of Topliss-reactive ketones (excluding diaryl/α,β-unsaturated/α-hetero) is 1. The molecule has 1 aliphatic carbocycles. The van der Waals surface area contributed by atoms with E-state index in [-0.39, 0.29) is 17.2 Å². The Balaban J connectivity index is 1.67. The molecular formula is C29H25NO. The van der Waals surface area contributed by atoms with Crippen LogP contribution in [-0.4, -0.2) is 5.78 Å². The molecule has 31 heavy (non-hydrogen) atoms. The second-order valence-corrected chi connectivity index (χ2v) is 9.69. The summed E-state index contributed by atoms with van der Waals surface area (Å²) in [5.41, 5.74) is 5.67. The van der Waals surface area contributed by atoms with Crippen LogP contribution in [0.15, 0.2) is 84.4 Å². The molecule has 4 aromatic rings. The van der Waals surface area contributed by atoms with Gasteiger partial charge in [0, 0.05) is 23.2 Å². The first-order valence-electron chi connectivity index (χ1n) is 11.0. The second-order valence-electron chi connectivity index (χ2n) is 9.69. The highest BCUT2D eigenvalue weighted by atomic mass is 16.1. The lowest BCUT2D eigenvalue weighted by Gasteiger charge is -2.40. The molecule has 152 valence electrons. The molecule has 1 heterocycles. The number of benzene rings is 4. The summed E-state index contributed by atoms with van der Waals surface area (Å²) in [5.74, 6) is 0.273. The average Bonchev–Trinajstić information content (AvgIpc) is 2.77. The van der Waals surface area contributed by atoms with Gasteiger partial charge in [-0.15, -0.1) is 0 Å². The smallest absolute Gasteiger partial charge is 0.162 e. The number of rotatable bonds is 1. The second kappa shape index (κ2) is 6.55. The molecule has 0 amide bonds. The fourth-order valence-electron chi connectivity index (χ4n) is 5.57. The van der Waals surface area contributed by atoms with Gasteiger partial charge in [0.1, 0.15) is 0 Å². The number of anilines is 1. The molecule has 0 saturated heterocycles. The van der Waals surface area contributed by atoms with E-state index in [1.165, 1.54) is 38.2 Å². The van der Waals surface area contributed by atoms with E-state index in [2.05, 4.69) is 98.0 Å². The zero-order valence-electron chi connectivity index (χ0n) is 17.9. The minimum atomic E-state index is -0.127. The molecule has 0 fully saturated rings. The number of carbonyl (C=O) groups is 1. The number of hydrogen-bond acceptors (Lipinski definition) is 2. The Labute approximate surface area is 182 Å². The Kier molecular flexibility index (Phi) is 3.89. The maximum atomic E-state index is 13.6. The first-order chi connectivity index (χ1) is 15.0. The molecule has 0 bridgehead atoms. The molecule has 0 radical (unpaired) electrons. The highest BCUT2D eigenvalue weighted by Gasteiger charge is 2.41. The van der Waals surface area contributed by atoms with Gasteiger partial charge in [0.15, 0.2) is 5.78 Å². The van der Waals surface area contributed by atoms with E-state index < -0.39 is 0 Å². The van der Waals surface area contributed by atoms with E-state index in [0.717, 1.165) is 17.7 Å². The summed E-state index contributed by atoms with van der Waals surface area (Å²) in [4.78, 5) is 13.6. The molecule has 6 rings (SSSR count). The number of carbonyl (C=O) groups excluding carboxylic acids is 1. The number of hydrogen-bond donors (Lipinski definition) is 1. The van der Waals surface area contributed by atoms with Crippen LogP contribution >= 0.6 is 0 Å². The van der Waals surface area contributed by atoms with Gasteiger partial charge in [-0.05, 0) is 50.6 Å². The van der Waals surface area contributed by atoms with Crippen LogP contribution in [0.1, 0.15) is 43.9 Å². The van der Waals surface area contributed by atoms with Crippen molar-refractivity contribution in [3.63, 3.8) is 0 Å². The van der Waals surface area contributed by atoms with Crippen LogP contribution in [0.2, 0.25) is 0 Å². The summed E-state index contributed by atoms with van der Waals surface area (Å²) < 4.78 is 0. The van der Waals surface area contributed by atoms with Crippen LogP contribution in [0, 0.1) is 5.41 Å².